The Bertz CT molecular complexity index is 708. The first-order valence-corrected chi connectivity index (χ1v) is 6.63. The maximum atomic E-state index is 10.7. The van der Waals surface area contributed by atoms with E-state index in [1.165, 1.54) is 10.8 Å². The zero-order valence-electron chi connectivity index (χ0n) is 12.4. The number of nitrogens with two attached hydrogens (primary N) is 1. The van der Waals surface area contributed by atoms with Gasteiger partial charge in [-0.25, -0.2) is 9.55 Å². The SMILES string of the molecule is Cc1ccccc1CC(N)=NOCc1ncc([N+](=O)[O-])n1C. The van der Waals surface area contributed by atoms with Crippen LogP contribution < -0.4 is 5.73 Å². The van der Waals surface area contributed by atoms with Crippen molar-refractivity contribution in [1.82, 2.24) is 9.55 Å². The fourth-order valence-corrected chi connectivity index (χ4v) is 1.95. The Morgan fingerprint density at radius 3 is 2.86 bits per heavy atom. The van der Waals surface area contributed by atoms with Crippen LogP contribution in [0.1, 0.15) is 17.0 Å². The second-order valence-corrected chi connectivity index (χ2v) is 4.81. The molecule has 22 heavy (non-hydrogen) atoms. The summed E-state index contributed by atoms with van der Waals surface area (Å²) in [6.45, 7) is 2.01. The van der Waals surface area contributed by atoms with Gasteiger partial charge in [0, 0.05) is 6.42 Å². The van der Waals surface area contributed by atoms with Gasteiger partial charge in [-0.05, 0) is 23.0 Å². The highest BCUT2D eigenvalue weighted by atomic mass is 16.6. The van der Waals surface area contributed by atoms with Gasteiger partial charge < -0.3 is 20.7 Å². The molecule has 1 aromatic heterocycles. The molecule has 2 aromatic rings. The van der Waals surface area contributed by atoms with Gasteiger partial charge in [0.25, 0.3) is 0 Å². The first-order valence-electron chi connectivity index (χ1n) is 6.63. The van der Waals surface area contributed by atoms with Crippen molar-refractivity contribution in [2.24, 2.45) is 17.9 Å². The van der Waals surface area contributed by atoms with Crippen LogP contribution >= 0.6 is 0 Å². The van der Waals surface area contributed by atoms with E-state index in [0.717, 1.165) is 11.1 Å². The zero-order valence-corrected chi connectivity index (χ0v) is 12.4. The van der Waals surface area contributed by atoms with Gasteiger partial charge in [-0.2, -0.15) is 0 Å². The molecule has 0 radical (unpaired) electrons. The maximum absolute atomic E-state index is 10.7. The standard InChI is InChI=1S/C14H17N5O3/c1-10-5-3-4-6-11(10)7-12(15)17-22-9-13-16-8-14(18(13)2)19(20)21/h3-6,8H,7,9H2,1-2H3,(H2,15,17). The summed E-state index contributed by atoms with van der Waals surface area (Å²) in [5.74, 6) is 0.632. The fourth-order valence-electron chi connectivity index (χ4n) is 1.95. The molecule has 2 N–H and O–H groups in total. The van der Waals surface area contributed by atoms with Crippen LogP contribution in [0.2, 0.25) is 0 Å². The van der Waals surface area contributed by atoms with Crippen molar-refractivity contribution in [1.29, 1.82) is 0 Å². The van der Waals surface area contributed by atoms with Crippen molar-refractivity contribution in [3.63, 3.8) is 0 Å². The number of hydrogen-bond acceptors (Lipinski definition) is 5. The van der Waals surface area contributed by atoms with Crippen molar-refractivity contribution >= 4 is 11.7 Å². The van der Waals surface area contributed by atoms with Gasteiger partial charge in [-0.3, -0.25) is 0 Å². The molecule has 8 heteroatoms. The molecule has 0 saturated carbocycles. The molecule has 0 aliphatic carbocycles. The number of nitro groups is 1. The monoisotopic (exact) mass is 303 g/mol. The van der Waals surface area contributed by atoms with Gasteiger partial charge in [0.1, 0.15) is 12.0 Å². The molecule has 0 atom stereocenters. The van der Waals surface area contributed by atoms with Crippen LogP contribution in [0.15, 0.2) is 35.6 Å². The van der Waals surface area contributed by atoms with E-state index in [9.17, 15) is 10.1 Å². The van der Waals surface area contributed by atoms with Crippen LogP contribution in [0.3, 0.4) is 0 Å². The predicted molar refractivity (Wildman–Crippen MR) is 81.2 cm³/mol. The van der Waals surface area contributed by atoms with Crippen molar-refractivity contribution in [3.8, 4) is 0 Å². The largest absolute Gasteiger partial charge is 0.384 e. The average molecular weight is 303 g/mol. The van der Waals surface area contributed by atoms with Crippen LogP contribution in [0, 0.1) is 17.0 Å². The Balaban J connectivity index is 1.95. The molecule has 0 aliphatic heterocycles. The van der Waals surface area contributed by atoms with Crippen LogP contribution in [-0.2, 0) is 24.9 Å². The minimum absolute atomic E-state index is 0.0127. The molecule has 8 nitrogen and oxygen atoms in total. The van der Waals surface area contributed by atoms with E-state index in [2.05, 4.69) is 10.1 Å². The molecular weight excluding hydrogens is 286 g/mol. The van der Waals surface area contributed by atoms with E-state index in [-0.39, 0.29) is 12.4 Å². The molecule has 116 valence electrons. The smallest absolute Gasteiger partial charge is 0.342 e. The third kappa shape index (κ3) is 3.60. The summed E-state index contributed by atoms with van der Waals surface area (Å²) in [7, 11) is 1.55. The van der Waals surface area contributed by atoms with E-state index in [4.69, 9.17) is 10.6 Å². The Hall–Kier alpha value is -2.90. The lowest BCUT2D eigenvalue weighted by atomic mass is 10.1. The average Bonchev–Trinajstić information content (AvgIpc) is 2.83. The second-order valence-electron chi connectivity index (χ2n) is 4.81. The zero-order chi connectivity index (χ0) is 16.1. The summed E-state index contributed by atoms with van der Waals surface area (Å²) < 4.78 is 1.34. The number of aromatic nitrogens is 2. The molecule has 2 rings (SSSR count). The second kappa shape index (κ2) is 6.70. The van der Waals surface area contributed by atoms with Gasteiger partial charge in [0.15, 0.2) is 6.61 Å². The molecule has 0 amide bonds. The number of imidazole rings is 1. The number of nitrogens with zero attached hydrogens (tertiary/aromatic N) is 4. The molecule has 1 aromatic carbocycles. The van der Waals surface area contributed by atoms with Crippen molar-refractivity contribution in [3.05, 3.63) is 57.5 Å². The number of aryl methyl sites for hydroxylation is 1. The molecule has 0 unspecified atom stereocenters. The Kier molecular flexibility index (Phi) is 4.72. The molecule has 0 fully saturated rings. The third-order valence-corrected chi connectivity index (χ3v) is 3.26. The lowest BCUT2D eigenvalue weighted by Crippen LogP contribution is -2.16. The van der Waals surface area contributed by atoms with Gasteiger partial charge in [-0.1, -0.05) is 29.4 Å². The number of oxime groups is 1. The fraction of sp³-hybridized carbons (Fsp3) is 0.286. The number of rotatable bonds is 6. The van der Waals surface area contributed by atoms with Crippen LogP contribution in [0.25, 0.3) is 0 Å². The minimum atomic E-state index is -0.508. The van der Waals surface area contributed by atoms with E-state index in [1.807, 2.05) is 31.2 Å². The summed E-state index contributed by atoms with van der Waals surface area (Å²) in [5.41, 5.74) is 8.01. The normalized spacial score (nSPS) is 11.5. The van der Waals surface area contributed by atoms with E-state index in [1.54, 1.807) is 7.05 Å². The molecule has 0 aliphatic rings. The van der Waals surface area contributed by atoms with Gasteiger partial charge in [0.05, 0.1) is 7.05 Å². The lowest BCUT2D eigenvalue weighted by molar-refractivity contribution is -0.391. The maximum Gasteiger partial charge on any atom is 0.342 e. The Morgan fingerprint density at radius 1 is 1.50 bits per heavy atom. The lowest BCUT2D eigenvalue weighted by Gasteiger charge is -2.04. The molecule has 1 heterocycles. The quantitative estimate of drug-likeness (QED) is 0.378. The number of benzene rings is 1. The molecule has 0 spiro atoms. The van der Waals surface area contributed by atoms with Crippen molar-refractivity contribution < 1.29 is 9.76 Å². The highest BCUT2D eigenvalue weighted by Gasteiger charge is 2.16. The number of hydrogen-bond donors (Lipinski definition) is 1. The third-order valence-electron chi connectivity index (χ3n) is 3.26. The van der Waals surface area contributed by atoms with Crippen LogP contribution in [-0.4, -0.2) is 20.3 Å². The van der Waals surface area contributed by atoms with Crippen LogP contribution in [0.5, 0.6) is 0 Å². The Morgan fingerprint density at radius 2 is 2.23 bits per heavy atom. The van der Waals surface area contributed by atoms with Crippen molar-refractivity contribution in [2.75, 3.05) is 0 Å². The topological polar surface area (TPSA) is 109 Å². The summed E-state index contributed by atoms with van der Waals surface area (Å²) in [6.07, 6.45) is 1.66. The first kappa shape index (κ1) is 15.5. The summed E-state index contributed by atoms with van der Waals surface area (Å²) in [5, 5.41) is 14.5. The van der Waals surface area contributed by atoms with E-state index < -0.39 is 4.92 Å². The molecular formula is C14H17N5O3. The van der Waals surface area contributed by atoms with Gasteiger partial charge >= 0.3 is 5.82 Å². The first-order chi connectivity index (χ1) is 10.5. The predicted octanol–water partition coefficient (Wildman–Crippen LogP) is 1.67. The van der Waals surface area contributed by atoms with Crippen molar-refractivity contribution in [2.45, 2.75) is 20.0 Å². The molecule has 0 bridgehead atoms. The van der Waals surface area contributed by atoms with E-state index in [0.29, 0.717) is 18.1 Å². The summed E-state index contributed by atoms with van der Waals surface area (Å²) in [4.78, 5) is 19.2. The van der Waals surface area contributed by atoms with Gasteiger partial charge in [-0.15, -0.1) is 0 Å². The Labute approximate surface area is 127 Å². The highest BCUT2D eigenvalue weighted by Crippen LogP contribution is 2.12. The highest BCUT2D eigenvalue weighted by molar-refractivity contribution is 5.82. The summed E-state index contributed by atoms with van der Waals surface area (Å²) in [6, 6.07) is 7.86. The summed E-state index contributed by atoms with van der Waals surface area (Å²) >= 11 is 0. The van der Waals surface area contributed by atoms with Crippen LogP contribution in [0.4, 0.5) is 5.82 Å². The van der Waals surface area contributed by atoms with E-state index >= 15 is 0 Å². The minimum Gasteiger partial charge on any atom is -0.384 e. The van der Waals surface area contributed by atoms with Gasteiger partial charge in [0.2, 0.25) is 5.82 Å². The molecule has 0 saturated heterocycles. The number of amidine groups is 1.